The number of hydrogen-bond acceptors (Lipinski definition) is 4. The van der Waals surface area contributed by atoms with Gasteiger partial charge in [0.05, 0.1) is 6.04 Å². The molecule has 25 heavy (non-hydrogen) atoms. The third-order valence-electron chi connectivity index (χ3n) is 4.39. The molecule has 0 radical (unpaired) electrons. The molecule has 0 aliphatic carbocycles. The Labute approximate surface area is 150 Å². The molecule has 0 aliphatic heterocycles. The number of hydrogen-bond donors (Lipinski definition) is 1. The summed E-state index contributed by atoms with van der Waals surface area (Å²) >= 11 is 1.62. The molecule has 0 spiro atoms. The van der Waals surface area contributed by atoms with Crippen molar-refractivity contribution in [1.82, 2.24) is 5.32 Å². The predicted molar refractivity (Wildman–Crippen MR) is 101 cm³/mol. The molecule has 1 aromatic carbocycles. The molecule has 1 amide bonds. The van der Waals surface area contributed by atoms with E-state index in [1.54, 1.807) is 11.3 Å². The van der Waals surface area contributed by atoms with Gasteiger partial charge >= 0.3 is 5.63 Å². The number of carbonyl (C=O) groups is 1. The van der Waals surface area contributed by atoms with Crippen LogP contribution in [0, 0.1) is 13.8 Å². The van der Waals surface area contributed by atoms with Gasteiger partial charge in [-0.2, -0.15) is 0 Å². The molecular formula is C20H21NO3S. The lowest BCUT2D eigenvalue weighted by molar-refractivity contribution is -0.121. The van der Waals surface area contributed by atoms with Crippen LogP contribution in [0.4, 0.5) is 0 Å². The average Bonchev–Trinajstić information content (AvgIpc) is 3.08. The largest absolute Gasteiger partial charge is 0.423 e. The van der Waals surface area contributed by atoms with E-state index < -0.39 is 0 Å². The smallest absolute Gasteiger partial charge is 0.339 e. The van der Waals surface area contributed by atoms with Gasteiger partial charge in [0.25, 0.3) is 0 Å². The van der Waals surface area contributed by atoms with Gasteiger partial charge in [-0.25, -0.2) is 4.79 Å². The zero-order chi connectivity index (χ0) is 18.0. The fraction of sp³-hybridized carbons (Fsp3) is 0.300. The Morgan fingerprint density at radius 1 is 1.28 bits per heavy atom. The molecule has 2 aromatic heterocycles. The Morgan fingerprint density at radius 3 is 2.80 bits per heavy atom. The summed E-state index contributed by atoms with van der Waals surface area (Å²) in [6.07, 6.45) is 0.639. The van der Waals surface area contributed by atoms with E-state index in [0.29, 0.717) is 17.6 Å². The molecule has 0 bridgehead atoms. The molecule has 130 valence electrons. The van der Waals surface area contributed by atoms with Crippen molar-refractivity contribution in [3.05, 3.63) is 67.7 Å². The van der Waals surface area contributed by atoms with Gasteiger partial charge in [0.1, 0.15) is 5.58 Å². The Kier molecular flexibility index (Phi) is 5.04. The van der Waals surface area contributed by atoms with Gasteiger partial charge in [-0.05, 0) is 55.8 Å². The number of rotatable bonds is 5. The number of thiophene rings is 1. The zero-order valence-corrected chi connectivity index (χ0v) is 15.4. The number of amides is 1. The lowest BCUT2D eigenvalue weighted by atomic mass is 10.0. The van der Waals surface area contributed by atoms with E-state index >= 15 is 0 Å². The lowest BCUT2D eigenvalue weighted by Gasteiger charge is -2.12. The molecule has 0 aliphatic rings. The maximum atomic E-state index is 12.3. The Bertz CT molecular complexity index is 957. The van der Waals surface area contributed by atoms with Gasteiger partial charge in [-0.3, -0.25) is 4.79 Å². The SMILES string of the molecule is Cc1ccc2c(C)c(CCC(=O)NC(C)c3cccs3)c(=O)oc2c1. The minimum absolute atomic E-state index is 0.0235. The van der Waals surface area contributed by atoms with Crippen LogP contribution < -0.4 is 10.9 Å². The van der Waals surface area contributed by atoms with Crippen LogP contribution in [0.2, 0.25) is 0 Å². The van der Waals surface area contributed by atoms with Crippen LogP contribution in [-0.2, 0) is 11.2 Å². The Balaban J connectivity index is 1.73. The monoisotopic (exact) mass is 355 g/mol. The molecule has 3 rings (SSSR count). The Hall–Kier alpha value is -2.40. The summed E-state index contributed by atoms with van der Waals surface area (Å²) < 4.78 is 5.44. The summed E-state index contributed by atoms with van der Waals surface area (Å²) in [4.78, 5) is 25.6. The Morgan fingerprint density at radius 2 is 2.08 bits per heavy atom. The summed E-state index contributed by atoms with van der Waals surface area (Å²) in [5.41, 5.74) is 2.77. The third kappa shape index (κ3) is 3.82. The van der Waals surface area contributed by atoms with E-state index in [4.69, 9.17) is 4.42 Å². The molecule has 1 N–H and O–H groups in total. The topological polar surface area (TPSA) is 59.3 Å². The van der Waals surface area contributed by atoms with Crippen molar-refractivity contribution >= 4 is 28.2 Å². The second-order valence-electron chi connectivity index (χ2n) is 6.30. The molecule has 1 unspecified atom stereocenters. The van der Waals surface area contributed by atoms with Crippen LogP contribution in [0.1, 0.15) is 41.0 Å². The number of carbonyl (C=O) groups excluding carboxylic acids is 1. The molecule has 4 nitrogen and oxygen atoms in total. The zero-order valence-electron chi connectivity index (χ0n) is 14.6. The van der Waals surface area contributed by atoms with Crippen molar-refractivity contribution in [1.29, 1.82) is 0 Å². The van der Waals surface area contributed by atoms with Crippen LogP contribution in [-0.4, -0.2) is 5.91 Å². The fourth-order valence-electron chi connectivity index (χ4n) is 2.95. The molecular weight excluding hydrogens is 334 g/mol. The fourth-order valence-corrected chi connectivity index (χ4v) is 3.69. The standard InChI is InChI=1S/C20H21NO3S/c1-12-6-7-15-13(2)16(20(23)24-17(15)11-12)8-9-19(22)21-14(3)18-5-4-10-25-18/h4-7,10-11,14H,8-9H2,1-3H3,(H,21,22). The highest BCUT2D eigenvalue weighted by molar-refractivity contribution is 7.10. The first-order valence-electron chi connectivity index (χ1n) is 8.31. The van der Waals surface area contributed by atoms with Gasteiger partial charge < -0.3 is 9.73 Å². The van der Waals surface area contributed by atoms with Crippen LogP contribution in [0.15, 0.2) is 44.9 Å². The maximum absolute atomic E-state index is 12.3. The second kappa shape index (κ2) is 7.23. The summed E-state index contributed by atoms with van der Waals surface area (Å²) in [5, 5.41) is 5.89. The van der Waals surface area contributed by atoms with E-state index in [0.717, 1.165) is 21.4 Å². The highest BCUT2D eigenvalue weighted by atomic mass is 32.1. The van der Waals surface area contributed by atoms with E-state index in [2.05, 4.69) is 5.32 Å². The number of nitrogens with one attached hydrogen (secondary N) is 1. The van der Waals surface area contributed by atoms with Crippen molar-refractivity contribution < 1.29 is 9.21 Å². The van der Waals surface area contributed by atoms with Crippen LogP contribution >= 0.6 is 11.3 Å². The summed E-state index contributed by atoms with van der Waals surface area (Å²) in [7, 11) is 0. The van der Waals surface area contributed by atoms with E-state index in [1.807, 2.05) is 56.5 Å². The van der Waals surface area contributed by atoms with E-state index in [1.165, 1.54) is 0 Å². The first-order valence-corrected chi connectivity index (χ1v) is 9.19. The molecule has 3 aromatic rings. The van der Waals surface area contributed by atoms with E-state index in [-0.39, 0.29) is 24.0 Å². The van der Waals surface area contributed by atoms with Gasteiger partial charge in [-0.15, -0.1) is 11.3 Å². The highest BCUT2D eigenvalue weighted by Crippen LogP contribution is 2.22. The summed E-state index contributed by atoms with van der Waals surface area (Å²) in [6, 6.07) is 9.76. The van der Waals surface area contributed by atoms with Gasteiger partial charge in [0.15, 0.2) is 0 Å². The molecule has 0 fully saturated rings. The van der Waals surface area contributed by atoms with E-state index in [9.17, 15) is 9.59 Å². The lowest BCUT2D eigenvalue weighted by Crippen LogP contribution is -2.27. The van der Waals surface area contributed by atoms with Crippen LogP contribution in [0.3, 0.4) is 0 Å². The highest BCUT2D eigenvalue weighted by Gasteiger charge is 2.15. The number of aryl methyl sites for hydroxylation is 2. The second-order valence-corrected chi connectivity index (χ2v) is 7.28. The minimum atomic E-state index is -0.352. The van der Waals surface area contributed by atoms with Crippen molar-refractivity contribution in [2.24, 2.45) is 0 Å². The van der Waals surface area contributed by atoms with Crippen molar-refractivity contribution in [3.8, 4) is 0 Å². The first kappa shape index (κ1) is 17.4. The molecule has 5 heteroatoms. The van der Waals surface area contributed by atoms with Crippen LogP contribution in [0.5, 0.6) is 0 Å². The maximum Gasteiger partial charge on any atom is 0.339 e. The summed E-state index contributed by atoms with van der Waals surface area (Å²) in [6.45, 7) is 5.83. The van der Waals surface area contributed by atoms with Crippen molar-refractivity contribution in [2.45, 2.75) is 39.7 Å². The average molecular weight is 355 g/mol. The van der Waals surface area contributed by atoms with Crippen molar-refractivity contribution in [2.75, 3.05) is 0 Å². The first-order chi connectivity index (χ1) is 12.0. The molecule has 0 saturated carbocycles. The minimum Gasteiger partial charge on any atom is -0.423 e. The van der Waals surface area contributed by atoms with Gasteiger partial charge in [0.2, 0.25) is 5.91 Å². The number of fused-ring (bicyclic) bond motifs is 1. The van der Waals surface area contributed by atoms with Crippen LogP contribution in [0.25, 0.3) is 11.0 Å². The number of benzene rings is 1. The quantitative estimate of drug-likeness (QED) is 0.695. The molecule has 1 atom stereocenters. The molecule has 0 saturated heterocycles. The van der Waals surface area contributed by atoms with Gasteiger partial charge in [0, 0.05) is 22.2 Å². The molecule has 2 heterocycles. The van der Waals surface area contributed by atoms with Crippen molar-refractivity contribution in [3.63, 3.8) is 0 Å². The normalized spacial score (nSPS) is 12.3. The predicted octanol–water partition coefficient (Wildman–Crippen LogP) is 4.28. The third-order valence-corrected chi connectivity index (χ3v) is 5.45. The summed E-state index contributed by atoms with van der Waals surface area (Å²) in [5.74, 6) is -0.0660. The van der Waals surface area contributed by atoms with Gasteiger partial charge in [-0.1, -0.05) is 18.2 Å².